The molecule has 1 unspecified atom stereocenters. The number of hydrazine groups is 1. The molecule has 0 saturated carbocycles. The number of carboxylic acid groups (broad SMARTS) is 1. The van der Waals surface area contributed by atoms with E-state index in [-0.39, 0.29) is 12.5 Å². The Morgan fingerprint density at radius 1 is 1.20 bits per heavy atom. The van der Waals surface area contributed by atoms with Crippen molar-refractivity contribution in [2.75, 3.05) is 13.2 Å². The van der Waals surface area contributed by atoms with Crippen LogP contribution in [-0.2, 0) is 17.6 Å². The maximum absolute atomic E-state index is 10.7. The number of ether oxygens (including phenoxy) is 1. The average molecular weight is 341 g/mol. The molecule has 2 aromatic rings. The van der Waals surface area contributed by atoms with E-state index in [0.717, 1.165) is 42.8 Å². The highest BCUT2D eigenvalue weighted by atomic mass is 16.5. The molecular weight excluding hydrogens is 318 g/mol. The number of carboxylic acids is 1. The maximum atomic E-state index is 10.7. The fourth-order valence-electron chi connectivity index (χ4n) is 2.85. The van der Waals surface area contributed by atoms with Gasteiger partial charge in [0.2, 0.25) is 0 Å². The highest BCUT2D eigenvalue weighted by molar-refractivity contribution is 5.70. The van der Waals surface area contributed by atoms with Crippen molar-refractivity contribution in [3.63, 3.8) is 0 Å². The van der Waals surface area contributed by atoms with Gasteiger partial charge in [-0.25, -0.2) is 5.43 Å². The van der Waals surface area contributed by atoms with Crippen molar-refractivity contribution in [1.29, 1.82) is 0 Å². The maximum Gasteiger partial charge on any atom is 0.307 e. The van der Waals surface area contributed by atoms with Crippen LogP contribution in [-0.4, -0.2) is 29.2 Å². The number of pyridine rings is 1. The standard InChI is InChI=1S/C19H23N3O3/c23-19(24)12-15-5-3-14(4-6-15)2-1-11-25-16-7-8-17(20-13-16)18-9-10-21-22-18/h3-8,13,18,21-22H,1-2,9-12H2,(H,23,24). The van der Waals surface area contributed by atoms with E-state index in [2.05, 4.69) is 15.8 Å². The van der Waals surface area contributed by atoms with E-state index >= 15 is 0 Å². The van der Waals surface area contributed by atoms with Gasteiger partial charge >= 0.3 is 5.97 Å². The van der Waals surface area contributed by atoms with Crippen molar-refractivity contribution in [1.82, 2.24) is 15.8 Å². The summed E-state index contributed by atoms with van der Waals surface area (Å²) >= 11 is 0. The fraction of sp³-hybridized carbons (Fsp3) is 0.368. The number of aliphatic carboxylic acids is 1. The minimum Gasteiger partial charge on any atom is -0.492 e. The molecule has 1 aromatic heterocycles. The Balaban J connectivity index is 1.40. The van der Waals surface area contributed by atoms with E-state index < -0.39 is 5.97 Å². The largest absolute Gasteiger partial charge is 0.492 e. The molecule has 6 nitrogen and oxygen atoms in total. The molecular formula is C19H23N3O3. The van der Waals surface area contributed by atoms with Gasteiger partial charge in [-0.2, -0.15) is 0 Å². The van der Waals surface area contributed by atoms with Crippen molar-refractivity contribution >= 4 is 5.97 Å². The van der Waals surface area contributed by atoms with Crippen molar-refractivity contribution in [2.45, 2.75) is 31.7 Å². The second-order valence-corrected chi connectivity index (χ2v) is 6.17. The number of nitrogens with one attached hydrogen (secondary N) is 2. The SMILES string of the molecule is O=C(O)Cc1ccc(CCCOc2ccc(C3CCNN3)nc2)cc1. The minimum absolute atomic E-state index is 0.0683. The third-order valence-corrected chi connectivity index (χ3v) is 4.21. The summed E-state index contributed by atoms with van der Waals surface area (Å²) in [6, 6.07) is 12.0. The van der Waals surface area contributed by atoms with Crippen LogP contribution in [0.15, 0.2) is 42.6 Å². The third-order valence-electron chi connectivity index (χ3n) is 4.21. The summed E-state index contributed by atoms with van der Waals surface area (Å²) in [5.41, 5.74) is 9.33. The molecule has 0 amide bonds. The Morgan fingerprint density at radius 3 is 2.64 bits per heavy atom. The van der Waals surface area contributed by atoms with Crippen LogP contribution in [0.4, 0.5) is 0 Å². The van der Waals surface area contributed by atoms with Gasteiger partial charge in [0.25, 0.3) is 0 Å². The molecule has 1 saturated heterocycles. The summed E-state index contributed by atoms with van der Waals surface area (Å²) in [4.78, 5) is 15.1. The monoisotopic (exact) mass is 341 g/mol. The molecule has 3 rings (SSSR count). The Labute approximate surface area is 147 Å². The lowest BCUT2D eigenvalue weighted by molar-refractivity contribution is -0.136. The predicted molar refractivity (Wildman–Crippen MR) is 94.3 cm³/mol. The van der Waals surface area contributed by atoms with Crippen molar-refractivity contribution in [3.8, 4) is 5.75 Å². The van der Waals surface area contributed by atoms with Crippen LogP contribution in [0.3, 0.4) is 0 Å². The van der Waals surface area contributed by atoms with Gasteiger partial charge in [-0.3, -0.25) is 15.2 Å². The smallest absolute Gasteiger partial charge is 0.307 e. The third kappa shape index (κ3) is 5.27. The number of rotatable bonds is 8. The summed E-state index contributed by atoms with van der Waals surface area (Å²) in [5.74, 6) is -0.0211. The molecule has 0 spiro atoms. The second-order valence-electron chi connectivity index (χ2n) is 6.17. The number of aryl methyl sites for hydroxylation is 1. The zero-order chi connectivity index (χ0) is 17.5. The zero-order valence-corrected chi connectivity index (χ0v) is 14.1. The summed E-state index contributed by atoms with van der Waals surface area (Å²) in [6.45, 7) is 1.59. The number of aromatic nitrogens is 1. The van der Waals surface area contributed by atoms with Gasteiger partial charge in [0.05, 0.1) is 31.0 Å². The van der Waals surface area contributed by atoms with E-state index in [1.54, 1.807) is 6.20 Å². The molecule has 0 radical (unpaired) electrons. The van der Waals surface area contributed by atoms with Gasteiger partial charge in [0, 0.05) is 6.54 Å². The van der Waals surface area contributed by atoms with Crippen LogP contribution < -0.4 is 15.6 Å². The summed E-state index contributed by atoms with van der Waals surface area (Å²) < 4.78 is 5.75. The molecule has 132 valence electrons. The fourth-order valence-corrected chi connectivity index (χ4v) is 2.85. The topological polar surface area (TPSA) is 83.5 Å². The molecule has 25 heavy (non-hydrogen) atoms. The first-order valence-corrected chi connectivity index (χ1v) is 8.57. The number of carbonyl (C=O) groups is 1. The van der Waals surface area contributed by atoms with Crippen LogP contribution >= 0.6 is 0 Å². The van der Waals surface area contributed by atoms with Gasteiger partial charge in [-0.05, 0) is 42.5 Å². The van der Waals surface area contributed by atoms with E-state index in [9.17, 15) is 4.79 Å². The first kappa shape index (κ1) is 17.4. The zero-order valence-electron chi connectivity index (χ0n) is 14.1. The molecule has 0 aliphatic carbocycles. The quantitative estimate of drug-likeness (QED) is 0.639. The molecule has 0 bridgehead atoms. The molecule has 1 fully saturated rings. The number of hydrogen-bond donors (Lipinski definition) is 3. The molecule has 3 N–H and O–H groups in total. The Kier molecular flexibility index (Phi) is 5.98. The first-order chi connectivity index (χ1) is 12.2. The van der Waals surface area contributed by atoms with Crippen LogP contribution in [0.1, 0.15) is 35.7 Å². The van der Waals surface area contributed by atoms with Gasteiger partial charge in [0.15, 0.2) is 0 Å². The Bertz CT molecular complexity index is 680. The molecule has 6 heteroatoms. The molecule has 2 heterocycles. The summed E-state index contributed by atoms with van der Waals surface area (Å²) in [5, 5.41) is 8.77. The van der Waals surface area contributed by atoms with Gasteiger partial charge in [-0.15, -0.1) is 0 Å². The summed E-state index contributed by atoms with van der Waals surface area (Å²) in [7, 11) is 0. The molecule has 1 aliphatic heterocycles. The van der Waals surface area contributed by atoms with E-state index in [0.29, 0.717) is 6.61 Å². The van der Waals surface area contributed by atoms with Gasteiger partial charge in [-0.1, -0.05) is 24.3 Å². The minimum atomic E-state index is -0.805. The Hall–Kier alpha value is -2.44. The molecule has 1 aromatic carbocycles. The first-order valence-electron chi connectivity index (χ1n) is 8.57. The summed E-state index contributed by atoms with van der Waals surface area (Å²) in [6.07, 6.45) is 4.68. The Morgan fingerprint density at radius 2 is 2.00 bits per heavy atom. The number of hydrogen-bond acceptors (Lipinski definition) is 5. The van der Waals surface area contributed by atoms with Crippen molar-refractivity contribution in [2.24, 2.45) is 0 Å². The normalized spacial score (nSPS) is 16.7. The highest BCUT2D eigenvalue weighted by Gasteiger charge is 2.16. The van der Waals surface area contributed by atoms with Crippen LogP contribution in [0.2, 0.25) is 0 Å². The molecule has 1 aliphatic rings. The van der Waals surface area contributed by atoms with Crippen LogP contribution in [0.25, 0.3) is 0 Å². The lowest BCUT2D eigenvalue weighted by atomic mass is 10.1. The highest BCUT2D eigenvalue weighted by Crippen LogP contribution is 2.19. The van der Waals surface area contributed by atoms with Crippen LogP contribution in [0, 0.1) is 0 Å². The predicted octanol–water partition coefficient (Wildman–Crippen LogP) is 2.26. The van der Waals surface area contributed by atoms with Gasteiger partial charge < -0.3 is 9.84 Å². The van der Waals surface area contributed by atoms with Crippen LogP contribution in [0.5, 0.6) is 5.75 Å². The van der Waals surface area contributed by atoms with E-state index in [4.69, 9.17) is 9.84 Å². The van der Waals surface area contributed by atoms with E-state index in [1.165, 1.54) is 5.56 Å². The lowest BCUT2D eigenvalue weighted by Gasteiger charge is -2.10. The molecule has 1 atom stereocenters. The lowest BCUT2D eigenvalue weighted by Crippen LogP contribution is -2.25. The van der Waals surface area contributed by atoms with Crippen molar-refractivity contribution in [3.05, 3.63) is 59.4 Å². The van der Waals surface area contributed by atoms with E-state index in [1.807, 2.05) is 36.4 Å². The number of benzene rings is 1. The number of nitrogens with zero attached hydrogens (tertiary/aromatic N) is 1. The average Bonchev–Trinajstić information content (AvgIpc) is 3.15. The second kappa shape index (κ2) is 8.60. The van der Waals surface area contributed by atoms with Gasteiger partial charge in [0.1, 0.15) is 5.75 Å². The van der Waals surface area contributed by atoms with Crippen molar-refractivity contribution < 1.29 is 14.6 Å².